The zero-order valence-corrected chi connectivity index (χ0v) is 9.28. The molecule has 1 fully saturated rings. The van der Waals surface area contributed by atoms with E-state index in [1.165, 1.54) is 44.9 Å². The van der Waals surface area contributed by atoms with Crippen LogP contribution in [0.5, 0.6) is 0 Å². The number of amides is 1. The lowest BCUT2D eigenvalue weighted by Crippen LogP contribution is -2.10. The van der Waals surface area contributed by atoms with Crippen LogP contribution < -0.4 is 5.73 Å². The van der Waals surface area contributed by atoms with Crippen LogP contribution in [0.15, 0.2) is 12.5 Å². The summed E-state index contributed by atoms with van der Waals surface area (Å²) in [5.74, 6) is -0.490. The van der Waals surface area contributed by atoms with Gasteiger partial charge in [0.1, 0.15) is 5.69 Å². The van der Waals surface area contributed by atoms with Crippen molar-refractivity contribution in [3.63, 3.8) is 0 Å². The van der Waals surface area contributed by atoms with Crippen LogP contribution in [0.4, 0.5) is 0 Å². The maximum Gasteiger partial charge on any atom is 0.268 e. The Morgan fingerprint density at radius 2 is 1.73 bits per heavy atom. The number of carbonyl (C=O) groups is 1. The topological polar surface area (TPSA) is 60.9 Å². The summed E-state index contributed by atoms with van der Waals surface area (Å²) < 4.78 is 1.67. The Kier molecular flexibility index (Phi) is 4.87. The Morgan fingerprint density at radius 1 is 1.27 bits per heavy atom. The Morgan fingerprint density at radius 3 is 1.93 bits per heavy atom. The van der Waals surface area contributed by atoms with Crippen molar-refractivity contribution in [1.82, 2.24) is 9.55 Å². The molecule has 1 amide bonds. The van der Waals surface area contributed by atoms with E-state index in [1.54, 1.807) is 17.8 Å². The SMILES string of the molecule is C1CCCCC1.Cn1cnc(C(N)=O)c1. The molecular weight excluding hydrogens is 190 g/mol. The molecule has 1 aliphatic carbocycles. The summed E-state index contributed by atoms with van der Waals surface area (Å²) >= 11 is 0. The van der Waals surface area contributed by atoms with E-state index in [2.05, 4.69) is 4.98 Å². The van der Waals surface area contributed by atoms with Gasteiger partial charge in [0.25, 0.3) is 5.91 Å². The predicted octanol–water partition coefficient (Wildman–Crippen LogP) is 1.86. The summed E-state index contributed by atoms with van der Waals surface area (Å²) in [7, 11) is 1.78. The van der Waals surface area contributed by atoms with Gasteiger partial charge in [0, 0.05) is 13.2 Å². The molecule has 1 aromatic heterocycles. The maximum absolute atomic E-state index is 10.4. The van der Waals surface area contributed by atoms with Crippen molar-refractivity contribution >= 4 is 5.91 Å². The average molecular weight is 209 g/mol. The molecule has 0 unspecified atom stereocenters. The number of rotatable bonds is 1. The van der Waals surface area contributed by atoms with Crippen LogP contribution >= 0.6 is 0 Å². The first kappa shape index (κ1) is 11.8. The van der Waals surface area contributed by atoms with E-state index in [4.69, 9.17) is 5.73 Å². The third kappa shape index (κ3) is 4.63. The summed E-state index contributed by atoms with van der Waals surface area (Å²) in [6.45, 7) is 0. The minimum absolute atomic E-state index is 0.303. The van der Waals surface area contributed by atoms with Crippen molar-refractivity contribution in [1.29, 1.82) is 0 Å². The molecule has 1 aromatic rings. The third-order valence-electron chi connectivity index (χ3n) is 2.46. The summed E-state index contributed by atoms with van der Waals surface area (Å²) in [4.78, 5) is 14.1. The number of hydrogen-bond donors (Lipinski definition) is 1. The van der Waals surface area contributed by atoms with Crippen LogP contribution in [0.25, 0.3) is 0 Å². The molecule has 1 heterocycles. The van der Waals surface area contributed by atoms with E-state index >= 15 is 0 Å². The maximum atomic E-state index is 10.4. The monoisotopic (exact) mass is 209 g/mol. The lowest BCUT2D eigenvalue weighted by atomic mass is 10.0. The molecule has 4 heteroatoms. The number of hydrogen-bond acceptors (Lipinski definition) is 2. The van der Waals surface area contributed by atoms with Crippen molar-refractivity contribution < 1.29 is 4.79 Å². The van der Waals surface area contributed by atoms with Crippen LogP contribution in [0, 0.1) is 0 Å². The van der Waals surface area contributed by atoms with Gasteiger partial charge in [0.05, 0.1) is 6.33 Å². The van der Waals surface area contributed by atoms with Gasteiger partial charge in [-0.1, -0.05) is 38.5 Å². The highest BCUT2D eigenvalue weighted by Gasteiger charge is 2.00. The number of imidazole rings is 1. The second kappa shape index (κ2) is 6.22. The molecule has 0 aliphatic heterocycles. The lowest BCUT2D eigenvalue weighted by Gasteiger charge is -2.05. The van der Waals surface area contributed by atoms with E-state index in [1.807, 2.05) is 0 Å². The molecule has 4 nitrogen and oxygen atoms in total. The predicted molar refractivity (Wildman–Crippen MR) is 59.4 cm³/mol. The second-order valence-electron chi connectivity index (χ2n) is 3.91. The molecule has 0 aromatic carbocycles. The van der Waals surface area contributed by atoms with Crippen LogP contribution in [-0.2, 0) is 7.05 Å². The zero-order chi connectivity index (χ0) is 11.1. The van der Waals surface area contributed by atoms with Crippen molar-refractivity contribution in [3.8, 4) is 0 Å². The zero-order valence-electron chi connectivity index (χ0n) is 9.28. The van der Waals surface area contributed by atoms with E-state index in [9.17, 15) is 4.79 Å². The molecule has 1 saturated carbocycles. The number of nitrogens with two attached hydrogens (primary N) is 1. The van der Waals surface area contributed by atoms with Gasteiger partial charge in [-0.05, 0) is 0 Å². The van der Waals surface area contributed by atoms with Crippen molar-refractivity contribution in [2.45, 2.75) is 38.5 Å². The Hall–Kier alpha value is -1.32. The van der Waals surface area contributed by atoms with Gasteiger partial charge in [0.15, 0.2) is 0 Å². The first-order valence-corrected chi connectivity index (χ1v) is 5.48. The fourth-order valence-electron chi connectivity index (χ4n) is 1.60. The minimum Gasteiger partial charge on any atom is -0.364 e. The lowest BCUT2D eigenvalue weighted by molar-refractivity contribution is 0.0996. The smallest absolute Gasteiger partial charge is 0.268 e. The summed E-state index contributed by atoms with van der Waals surface area (Å²) in [5.41, 5.74) is 5.22. The number of carbonyl (C=O) groups excluding carboxylic acids is 1. The molecule has 2 N–H and O–H groups in total. The van der Waals surface area contributed by atoms with E-state index in [0.29, 0.717) is 5.69 Å². The first-order valence-electron chi connectivity index (χ1n) is 5.48. The fraction of sp³-hybridized carbons (Fsp3) is 0.636. The Balaban J connectivity index is 0.000000162. The normalized spacial score (nSPS) is 15.3. The third-order valence-corrected chi connectivity index (χ3v) is 2.46. The van der Waals surface area contributed by atoms with Gasteiger partial charge in [-0.3, -0.25) is 4.79 Å². The van der Waals surface area contributed by atoms with Gasteiger partial charge < -0.3 is 10.3 Å². The Labute approximate surface area is 90.5 Å². The molecule has 0 saturated heterocycles. The van der Waals surface area contributed by atoms with Gasteiger partial charge in [-0.2, -0.15) is 0 Å². The average Bonchev–Trinajstić information content (AvgIpc) is 2.69. The van der Waals surface area contributed by atoms with E-state index < -0.39 is 5.91 Å². The van der Waals surface area contributed by atoms with Crippen LogP contribution in [0.1, 0.15) is 49.0 Å². The quantitative estimate of drug-likeness (QED) is 0.767. The summed E-state index contributed by atoms with van der Waals surface area (Å²) in [6, 6.07) is 0. The summed E-state index contributed by atoms with van der Waals surface area (Å²) in [5, 5.41) is 0. The number of aryl methyl sites for hydroxylation is 1. The molecule has 0 bridgehead atoms. The Bertz CT molecular complexity index is 291. The number of nitrogens with zero attached hydrogens (tertiary/aromatic N) is 2. The van der Waals surface area contributed by atoms with Gasteiger partial charge in [0.2, 0.25) is 0 Å². The van der Waals surface area contributed by atoms with Crippen LogP contribution in [-0.4, -0.2) is 15.5 Å². The molecule has 84 valence electrons. The second-order valence-corrected chi connectivity index (χ2v) is 3.91. The molecule has 0 atom stereocenters. The van der Waals surface area contributed by atoms with Gasteiger partial charge in [-0.15, -0.1) is 0 Å². The largest absolute Gasteiger partial charge is 0.364 e. The molecular formula is C11H19N3O. The minimum atomic E-state index is -0.490. The standard InChI is InChI=1S/C6H12.C5H7N3O/c1-2-4-6-5-3-1;1-8-2-4(5(6)9)7-3-8/h1-6H2;2-3H,1H3,(H2,6,9). The number of primary amides is 1. The molecule has 0 spiro atoms. The highest BCUT2D eigenvalue weighted by molar-refractivity contribution is 5.90. The van der Waals surface area contributed by atoms with Crippen molar-refractivity contribution in [2.75, 3.05) is 0 Å². The highest BCUT2D eigenvalue weighted by Crippen LogP contribution is 2.15. The van der Waals surface area contributed by atoms with Crippen molar-refractivity contribution in [2.24, 2.45) is 12.8 Å². The van der Waals surface area contributed by atoms with Gasteiger partial charge >= 0.3 is 0 Å². The molecule has 1 aliphatic rings. The highest BCUT2D eigenvalue weighted by atomic mass is 16.1. The van der Waals surface area contributed by atoms with E-state index in [0.717, 1.165) is 0 Å². The van der Waals surface area contributed by atoms with Gasteiger partial charge in [-0.25, -0.2) is 4.98 Å². The van der Waals surface area contributed by atoms with Crippen LogP contribution in [0.3, 0.4) is 0 Å². The first-order chi connectivity index (χ1) is 7.20. The molecule has 2 rings (SSSR count). The molecule has 15 heavy (non-hydrogen) atoms. The summed E-state index contributed by atoms with van der Waals surface area (Å²) in [6.07, 6.45) is 12.1. The fourth-order valence-corrected chi connectivity index (χ4v) is 1.60. The van der Waals surface area contributed by atoms with Crippen molar-refractivity contribution in [3.05, 3.63) is 18.2 Å². The van der Waals surface area contributed by atoms with E-state index in [-0.39, 0.29) is 0 Å². The van der Waals surface area contributed by atoms with Crippen LogP contribution in [0.2, 0.25) is 0 Å². The molecule has 0 radical (unpaired) electrons. The number of aromatic nitrogens is 2.